The summed E-state index contributed by atoms with van der Waals surface area (Å²) in [5.41, 5.74) is 0.381. The number of halogens is 3. The topological polar surface area (TPSA) is 79.8 Å². The van der Waals surface area contributed by atoms with E-state index in [0.29, 0.717) is 5.56 Å². The van der Waals surface area contributed by atoms with Gasteiger partial charge in [0.2, 0.25) is 0 Å². The Balaban J connectivity index is 1.74. The van der Waals surface area contributed by atoms with Crippen molar-refractivity contribution in [2.45, 2.75) is 24.5 Å². The number of nitrogens with one attached hydrogen (secondary N) is 2. The van der Waals surface area contributed by atoms with E-state index in [1.54, 1.807) is 0 Å². The van der Waals surface area contributed by atoms with Gasteiger partial charge < -0.3 is 25.2 Å². The molecule has 1 unspecified atom stereocenters. The van der Waals surface area contributed by atoms with Crippen molar-refractivity contribution >= 4 is 17.5 Å². The third-order valence-corrected chi connectivity index (χ3v) is 7.21. The van der Waals surface area contributed by atoms with Crippen molar-refractivity contribution in [3.8, 4) is 22.6 Å². The molecule has 0 bridgehead atoms. The first kappa shape index (κ1) is 24.5. The summed E-state index contributed by atoms with van der Waals surface area (Å²) in [7, 11) is 1.42. The third-order valence-electron chi connectivity index (χ3n) is 6.84. The number of benzene rings is 3. The molecule has 5 rings (SSSR count). The van der Waals surface area contributed by atoms with Crippen molar-refractivity contribution in [3.63, 3.8) is 0 Å². The lowest BCUT2D eigenvalue weighted by atomic mass is 9.77. The maximum absolute atomic E-state index is 15.9. The van der Waals surface area contributed by atoms with E-state index >= 15 is 8.78 Å². The van der Waals surface area contributed by atoms with E-state index < -0.39 is 23.1 Å². The van der Waals surface area contributed by atoms with Crippen LogP contribution in [-0.2, 0) is 12.0 Å². The summed E-state index contributed by atoms with van der Waals surface area (Å²) in [5, 5.41) is 14.7. The molecule has 0 radical (unpaired) electrons. The number of hydrogen-bond acceptors (Lipinski definition) is 5. The Labute approximate surface area is 212 Å². The first-order valence-corrected chi connectivity index (χ1v) is 12.1. The smallest absolute Gasteiger partial charge is 0.251 e. The van der Waals surface area contributed by atoms with E-state index in [1.165, 1.54) is 25.2 Å². The summed E-state index contributed by atoms with van der Waals surface area (Å²) in [6.45, 7) is 0.336. The molecule has 0 aromatic heterocycles. The van der Waals surface area contributed by atoms with Gasteiger partial charge >= 0.3 is 0 Å². The van der Waals surface area contributed by atoms with Gasteiger partial charge in [-0.1, -0.05) is 41.9 Å². The predicted molar refractivity (Wildman–Crippen MR) is 132 cm³/mol. The largest absolute Gasteiger partial charge is 0.488 e. The fraction of sp³-hybridized carbons (Fsp3) is 0.296. The van der Waals surface area contributed by atoms with Crippen molar-refractivity contribution in [1.82, 2.24) is 10.6 Å². The fourth-order valence-electron chi connectivity index (χ4n) is 5.02. The molecule has 2 aliphatic heterocycles. The standard InChI is InChI=1S/C27H25ClF2N2O4/c1-31-26(34)16-7-8-19(35-12-11-33)25(30)23(16)22-17-14-27(21-9-10-32-21,15-5-3-2-4-6-15)36-20(17)13-18(29)24(22)28/h2-8,13,21,32-33H,9-12,14H2,1H3,(H,31,34)/t21?,27-/m0/s1. The summed E-state index contributed by atoms with van der Waals surface area (Å²) in [4.78, 5) is 12.8. The number of fused-ring (bicyclic) bond motifs is 1. The van der Waals surface area contributed by atoms with Crippen LogP contribution in [0.2, 0.25) is 5.02 Å². The Morgan fingerprint density at radius 2 is 2.00 bits per heavy atom. The molecule has 1 fully saturated rings. The Kier molecular flexibility index (Phi) is 6.59. The van der Waals surface area contributed by atoms with Crippen LogP contribution in [0.1, 0.15) is 27.9 Å². The molecule has 6 nitrogen and oxygen atoms in total. The summed E-state index contributed by atoms with van der Waals surface area (Å²) in [6.07, 6.45) is 1.13. The van der Waals surface area contributed by atoms with E-state index in [4.69, 9.17) is 26.2 Å². The van der Waals surface area contributed by atoms with Gasteiger partial charge in [-0.15, -0.1) is 0 Å². The molecule has 2 atom stereocenters. The molecule has 36 heavy (non-hydrogen) atoms. The van der Waals surface area contributed by atoms with Gasteiger partial charge in [0.05, 0.1) is 23.2 Å². The molecule has 9 heteroatoms. The number of ether oxygens (including phenoxy) is 2. The van der Waals surface area contributed by atoms with Crippen molar-refractivity contribution < 1.29 is 28.2 Å². The Morgan fingerprint density at radius 1 is 1.25 bits per heavy atom. The molecular formula is C27H25ClF2N2O4. The summed E-state index contributed by atoms with van der Waals surface area (Å²) in [5.74, 6) is -2.18. The van der Waals surface area contributed by atoms with Crippen molar-refractivity contribution in [2.75, 3.05) is 26.8 Å². The number of amides is 1. The van der Waals surface area contributed by atoms with Crippen molar-refractivity contribution in [2.24, 2.45) is 0 Å². The second-order valence-corrected chi connectivity index (χ2v) is 9.18. The normalized spacial score (nSPS) is 20.3. The molecule has 1 amide bonds. The molecule has 1 saturated heterocycles. The van der Waals surface area contributed by atoms with Crippen LogP contribution >= 0.6 is 11.6 Å². The second-order valence-electron chi connectivity index (χ2n) is 8.81. The molecule has 0 spiro atoms. The van der Waals surface area contributed by atoms with E-state index in [0.717, 1.165) is 18.5 Å². The molecule has 3 N–H and O–H groups in total. The minimum absolute atomic E-state index is 0.0278. The minimum atomic E-state index is -0.877. The Bertz CT molecular complexity index is 1320. The van der Waals surface area contributed by atoms with Crippen molar-refractivity contribution in [3.05, 3.63) is 81.9 Å². The Morgan fingerprint density at radius 3 is 2.64 bits per heavy atom. The minimum Gasteiger partial charge on any atom is -0.488 e. The van der Waals surface area contributed by atoms with Gasteiger partial charge in [0, 0.05) is 36.2 Å². The summed E-state index contributed by atoms with van der Waals surface area (Å²) < 4.78 is 43.0. The van der Waals surface area contributed by atoms with Crippen LogP contribution in [0.5, 0.6) is 11.5 Å². The van der Waals surface area contributed by atoms with Gasteiger partial charge in [0.1, 0.15) is 18.2 Å². The van der Waals surface area contributed by atoms with Gasteiger partial charge in [-0.05, 0) is 30.7 Å². The molecule has 0 aliphatic carbocycles. The van der Waals surface area contributed by atoms with E-state index in [1.807, 2.05) is 30.3 Å². The molecule has 2 heterocycles. The highest BCUT2D eigenvalue weighted by molar-refractivity contribution is 6.34. The average Bonchev–Trinajstić information content (AvgIpc) is 3.22. The first-order valence-electron chi connectivity index (χ1n) is 11.7. The number of hydrogen-bond donors (Lipinski definition) is 3. The molecular weight excluding hydrogens is 490 g/mol. The molecule has 0 saturated carbocycles. The summed E-state index contributed by atoms with van der Waals surface area (Å²) in [6, 6.07) is 13.5. The van der Waals surface area contributed by atoms with Gasteiger partial charge in [-0.3, -0.25) is 4.79 Å². The zero-order valence-corrected chi connectivity index (χ0v) is 20.3. The highest BCUT2D eigenvalue weighted by Gasteiger charge is 2.51. The van der Waals surface area contributed by atoms with E-state index in [9.17, 15) is 4.79 Å². The Hall–Kier alpha value is -3.20. The maximum atomic E-state index is 15.9. The number of aliphatic hydroxyl groups is 1. The highest BCUT2D eigenvalue weighted by atomic mass is 35.5. The zero-order valence-electron chi connectivity index (χ0n) is 19.5. The number of carbonyl (C=O) groups excluding carboxylic acids is 1. The van der Waals surface area contributed by atoms with E-state index in [2.05, 4.69) is 10.6 Å². The number of carbonyl (C=O) groups is 1. The van der Waals surface area contributed by atoms with Crippen molar-refractivity contribution in [1.29, 1.82) is 0 Å². The quantitative estimate of drug-likeness (QED) is 0.440. The predicted octanol–water partition coefficient (Wildman–Crippen LogP) is 4.21. The van der Waals surface area contributed by atoms with Gasteiger partial charge in [0.15, 0.2) is 17.2 Å². The molecule has 188 valence electrons. The first-order chi connectivity index (χ1) is 17.4. The van der Waals surface area contributed by atoms with Crippen LogP contribution in [0.3, 0.4) is 0 Å². The fourth-order valence-corrected chi connectivity index (χ4v) is 5.28. The van der Waals surface area contributed by atoms with Gasteiger partial charge in [-0.2, -0.15) is 0 Å². The zero-order chi connectivity index (χ0) is 25.4. The maximum Gasteiger partial charge on any atom is 0.251 e. The van der Waals surface area contributed by atoms with Crippen LogP contribution in [0.25, 0.3) is 11.1 Å². The molecule has 3 aromatic rings. The SMILES string of the molecule is CNC(=O)c1ccc(OCCO)c(F)c1-c1c(Cl)c(F)cc2c1C[C@](c1ccccc1)(C1CCN1)O2. The number of aliphatic hydroxyl groups excluding tert-OH is 1. The molecule has 2 aliphatic rings. The lowest BCUT2D eigenvalue weighted by Gasteiger charge is -2.43. The van der Waals surface area contributed by atoms with E-state index in [-0.39, 0.29) is 58.9 Å². The monoisotopic (exact) mass is 514 g/mol. The second kappa shape index (κ2) is 9.69. The van der Waals surface area contributed by atoms with Crippen LogP contribution < -0.4 is 20.1 Å². The average molecular weight is 515 g/mol. The summed E-state index contributed by atoms with van der Waals surface area (Å²) >= 11 is 6.50. The number of rotatable bonds is 7. The van der Waals surface area contributed by atoms with Gasteiger partial charge in [-0.25, -0.2) is 8.78 Å². The van der Waals surface area contributed by atoms with Crippen LogP contribution in [0.4, 0.5) is 8.78 Å². The van der Waals surface area contributed by atoms with Gasteiger partial charge in [0.25, 0.3) is 5.91 Å². The van der Waals surface area contributed by atoms with Crippen LogP contribution in [0.15, 0.2) is 48.5 Å². The van der Waals surface area contributed by atoms with Crippen LogP contribution in [-0.4, -0.2) is 43.9 Å². The lowest BCUT2D eigenvalue weighted by molar-refractivity contribution is 0.0190. The lowest BCUT2D eigenvalue weighted by Crippen LogP contribution is -2.59. The third kappa shape index (κ3) is 3.89. The molecule has 3 aromatic carbocycles. The van der Waals surface area contributed by atoms with Crippen LogP contribution in [0, 0.1) is 11.6 Å². The highest BCUT2D eigenvalue weighted by Crippen LogP contribution is 2.52.